The van der Waals surface area contributed by atoms with Crippen LogP contribution in [0.15, 0.2) is 24.4 Å². The van der Waals surface area contributed by atoms with Gasteiger partial charge in [0, 0.05) is 31.9 Å². The van der Waals surface area contributed by atoms with Gasteiger partial charge < -0.3 is 5.73 Å². The standard InChI is InChI=1S/C10H15N3.ClH/c11-9-4-6-13(7-9)8-10-3-1-2-5-12-10;/h1-3,5,9H,4,6-8,11H2;1H. The molecule has 1 aromatic rings. The van der Waals surface area contributed by atoms with Gasteiger partial charge in [-0.15, -0.1) is 12.4 Å². The van der Waals surface area contributed by atoms with Crippen LogP contribution in [0.25, 0.3) is 0 Å². The van der Waals surface area contributed by atoms with Crippen molar-refractivity contribution in [2.24, 2.45) is 5.73 Å². The summed E-state index contributed by atoms with van der Waals surface area (Å²) in [6.07, 6.45) is 2.96. The number of hydrogen-bond acceptors (Lipinski definition) is 3. The molecule has 14 heavy (non-hydrogen) atoms. The van der Waals surface area contributed by atoms with E-state index in [1.165, 1.54) is 0 Å². The highest BCUT2D eigenvalue weighted by molar-refractivity contribution is 5.85. The molecule has 2 N–H and O–H groups in total. The number of nitrogens with two attached hydrogens (primary N) is 1. The number of hydrogen-bond donors (Lipinski definition) is 1. The summed E-state index contributed by atoms with van der Waals surface area (Å²) in [6.45, 7) is 3.06. The van der Waals surface area contributed by atoms with Gasteiger partial charge in [-0.3, -0.25) is 9.88 Å². The third kappa shape index (κ3) is 2.94. The molecule has 1 aliphatic heterocycles. The Labute approximate surface area is 90.7 Å². The van der Waals surface area contributed by atoms with Crippen LogP contribution in [0, 0.1) is 0 Å². The minimum Gasteiger partial charge on any atom is -0.326 e. The predicted molar refractivity (Wildman–Crippen MR) is 59.4 cm³/mol. The van der Waals surface area contributed by atoms with Crippen molar-refractivity contribution in [1.82, 2.24) is 9.88 Å². The van der Waals surface area contributed by atoms with Crippen LogP contribution in [0.5, 0.6) is 0 Å². The van der Waals surface area contributed by atoms with Crippen LogP contribution in [0.1, 0.15) is 12.1 Å². The van der Waals surface area contributed by atoms with E-state index >= 15 is 0 Å². The summed E-state index contributed by atoms with van der Waals surface area (Å²) in [7, 11) is 0. The summed E-state index contributed by atoms with van der Waals surface area (Å²) < 4.78 is 0. The zero-order valence-electron chi connectivity index (χ0n) is 8.10. The number of likely N-dealkylation sites (tertiary alicyclic amines) is 1. The monoisotopic (exact) mass is 213 g/mol. The molecule has 78 valence electrons. The second-order valence-electron chi connectivity index (χ2n) is 3.60. The van der Waals surface area contributed by atoms with Gasteiger partial charge in [-0.25, -0.2) is 0 Å². The first-order valence-electron chi connectivity index (χ1n) is 4.72. The maximum atomic E-state index is 5.82. The Morgan fingerprint density at radius 2 is 2.36 bits per heavy atom. The summed E-state index contributed by atoms with van der Waals surface area (Å²) in [5.74, 6) is 0. The van der Waals surface area contributed by atoms with Crippen molar-refractivity contribution in [3.63, 3.8) is 0 Å². The molecule has 1 atom stereocenters. The van der Waals surface area contributed by atoms with E-state index in [4.69, 9.17) is 5.73 Å². The van der Waals surface area contributed by atoms with Gasteiger partial charge in [0.25, 0.3) is 0 Å². The smallest absolute Gasteiger partial charge is 0.0543 e. The summed E-state index contributed by atoms with van der Waals surface area (Å²) in [5.41, 5.74) is 6.95. The SMILES string of the molecule is Cl.NC1CCN(Cc2ccccn2)C1. The molecule has 1 unspecified atom stereocenters. The second kappa shape index (κ2) is 5.29. The molecule has 0 amide bonds. The average molecular weight is 214 g/mol. The Balaban J connectivity index is 0.000000980. The fourth-order valence-corrected chi connectivity index (χ4v) is 1.73. The first-order valence-corrected chi connectivity index (χ1v) is 4.72. The van der Waals surface area contributed by atoms with Crippen LogP contribution in [0.4, 0.5) is 0 Å². The molecule has 0 radical (unpaired) electrons. The number of rotatable bonds is 2. The molecule has 4 heteroatoms. The topological polar surface area (TPSA) is 42.1 Å². The quantitative estimate of drug-likeness (QED) is 0.798. The fraction of sp³-hybridized carbons (Fsp3) is 0.500. The van der Waals surface area contributed by atoms with Gasteiger partial charge >= 0.3 is 0 Å². The van der Waals surface area contributed by atoms with E-state index in [2.05, 4.69) is 16.0 Å². The first-order chi connectivity index (χ1) is 6.34. The minimum absolute atomic E-state index is 0. The van der Waals surface area contributed by atoms with Gasteiger partial charge in [0.2, 0.25) is 0 Å². The van der Waals surface area contributed by atoms with E-state index < -0.39 is 0 Å². The van der Waals surface area contributed by atoms with Crippen LogP contribution >= 0.6 is 12.4 Å². The first kappa shape index (κ1) is 11.4. The Bertz CT molecular complexity index is 265. The van der Waals surface area contributed by atoms with Crippen molar-refractivity contribution in [2.45, 2.75) is 19.0 Å². The maximum absolute atomic E-state index is 5.82. The number of aromatic nitrogens is 1. The van der Waals surface area contributed by atoms with Crippen LogP contribution in [-0.4, -0.2) is 29.0 Å². The molecule has 3 nitrogen and oxygen atoms in total. The zero-order valence-corrected chi connectivity index (χ0v) is 8.91. The number of pyridine rings is 1. The van der Waals surface area contributed by atoms with Crippen LogP contribution < -0.4 is 5.73 Å². The molecule has 1 aliphatic rings. The van der Waals surface area contributed by atoms with Crippen LogP contribution in [0.3, 0.4) is 0 Å². The maximum Gasteiger partial charge on any atom is 0.0543 e. The zero-order chi connectivity index (χ0) is 9.10. The lowest BCUT2D eigenvalue weighted by molar-refractivity contribution is 0.323. The van der Waals surface area contributed by atoms with E-state index in [9.17, 15) is 0 Å². The van der Waals surface area contributed by atoms with Crippen LogP contribution in [0.2, 0.25) is 0 Å². The van der Waals surface area contributed by atoms with Crippen molar-refractivity contribution in [3.05, 3.63) is 30.1 Å². The van der Waals surface area contributed by atoms with Crippen molar-refractivity contribution >= 4 is 12.4 Å². The number of nitrogens with zero attached hydrogens (tertiary/aromatic N) is 2. The van der Waals surface area contributed by atoms with Gasteiger partial charge in [-0.1, -0.05) is 6.07 Å². The number of halogens is 1. The summed E-state index contributed by atoms with van der Waals surface area (Å²) in [4.78, 5) is 6.64. The molecule has 0 aromatic carbocycles. The molecule has 1 fully saturated rings. The molecular formula is C10H16ClN3. The fourth-order valence-electron chi connectivity index (χ4n) is 1.73. The Kier molecular flexibility index (Phi) is 4.32. The van der Waals surface area contributed by atoms with E-state index in [-0.39, 0.29) is 12.4 Å². The average Bonchev–Trinajstić information content (AvgIpc) is 2.53. The van der Waals surface area contributed by atoms with Gasteiger partial charge in [-0.2, -0.15) is 0 Å². The van der Waals surface area contributed by atoms with E-state index in [0.717, 1.165) is 31.7 Å². The molecular weight excluding hydrogens is 198 g/mol. The summed E-state index contributed by atoms with van der Waals surface area (Å²) >= 11 is 0. The normalized spacial score (nSPS) is 21.9. The lowest BCUT2D eigenvalue weighted by Gasteiger charge is -2.13. The molecule has 0 bridgehead atoms. The third-order valence-electron chi connectivity index (χ3n) is 2.42. The Hall–Kier alpha value is -0.640. The minimum atomic E-state index is 0. The summed E-state index contributed by atoms with van der Waals surface area (Å²) in [6, 6.07) is 6.39. The molecule has 0 saturated carbocycles. The van der Waals surface area contributed by atoms with E-state index in [1.807, 2.05) is 18.3 Å². The second-order valence-corrected chi connectivity index (χ2v) is 3.60. The van der Waals surface area contributed by atoms with Gasteiger partial charge in [0.05, 0.1) is 5.69 Å². The highest BCUT2D eigenvalue weighted by atomic mass is 35.5. The van der Waals surface area contributed by atoms with Gasteiger partial charge in [-0.05, 0) is 18.6 Å². The molecule has 0 spiro atoms. The van der Waals surface area contributed by atoms with Crippen LogP contribution in [-0.2, 0) is 6.54 Å². The Morgan fingerprint density at radius 3 is 2.93 bits per heavy atom. The highest BCUT2D eigenvalue weighted by Crippen LogP contribution is 2.10. The molecule has 2 rings (SSSR count). The summed E-state index contributed by atoms with van der Waals surface area (Å²) in [5, 5.41) is 0. The highest BCUT2D eigenvalue weighted by Gasteiger charge is 2.18. The molecule has 2 heterocycles. The molecule has 1 saturated heterocycles. The van der Waals surface area contributed by atoms with E-state index in [1.54, 1.807) is 0 Å². The van der Waals surface area contributed by atoms with Gasteiger partial charge in [0.15, 0.2) is 0 Å². The predicted octanol–water partition coefficient (Wildman–Crippen LogP) is 1.04. The van der Waals surface area contributed by atoms with Crippen molar-refractivity contribution < 1.29 is 0 Å². The van der Waals surface area contributed by atoms with E-state index in [0.29, 0.717) is 6.04 Å². The molecule has 1 aromatic heterocycles. The van der Waals surface area contributed by atoms with Crippen molar-refractivity contribution in [3.8, 4) is 0 Å². The molecule has 0 aliphatic carbocycles. The lowest BCUT2D eigenvalue weighted by atomic mass is 10.3. The largest absolute Gasteiger partial charge is 0.326 e. The Morgan fingerprint density at radius 1 is 1.50 bits per heavy atom. The third-order valence-corrected chi connectivity index (χ3v) is 2.42. The van der Waals surface area contributed by atoms with Gasteiger partial charge in [0.1, 0.15) is 0 Å². The lowest BCUT2D eigenvalue weighted by Crippen LogP contribution is -2.26. The van der Waals surface area contributed by atoms with Crippen molar-refractivity contribution in [1.29, 1.82) is 0 Å². The van der Waals surface area contributed by atoms with Crippen molar-refractivity contribution in [2.75, 3.05) is 13.1 Å².